The third-order valence-electron chi connectivity index (χ3n) is 4.49. The minimum Gasteiger partial charge on any atom is -0.491 e. The molecule has 0 aliphatic heterocycles. The van der Waals surface area contributed by atoms with Gasteiger partial charge in [-0.1, -0.05) is 79.4 Å². The van der Waals surface area contributed by atoms with Crippen LogP contribution in [0.2, 0.25) is 0 Å². The Morgan fingerprint density at radius 3 is 2.14 bits per heavy atom. The number of rotatable bonds is 10. The summed E-state index contributed by atoms with van der Waals surface area (Å²) < 4.78 is 11.3. The molecule has 1 atom stereocenters. The van der Waals surface area contributed by atoms with Gasteiger partial charge in [0.15, 0.2) is 0 Å². The molecule has 0 saturated carbocycles. The SMILES string of the molecule is C=C(CC(O)c1ccc(OCCOCc2ccccc2)cc1)c1ccccc1. The Labute approximate surface area is 166 Å². The van der Waals surface area contributed by atoms with Crippen LogP contribution >= 0.6 is 0 Å². The zero-order chi connectivity index (χ0) is 19.6. The fourth-order valence-corrected chi connectivity index (χ4v) is 2.91. The first-order chi connectivity index (χ1) is 13.7. The molecule has 0 heterocycles. The maximum absolute atomic E-state index is 10.5. The van der Waals surface area contributed by atoms with Crippen LogP contribution in [0.1, 0.15) is 29.2 Å². The highest BCUT2D eigenvalue weighted by Gasteiger charge is 2.10. The second-order valence-electron chi connectivity index (χ2n) is 6.65. The Hall–Kier alpha value is -2.88. The molecule has 3 nitrogen and oxygen atoms in total. The van der Waals surface area contributed by atoms with Crippen molar-refractivity contribution in [2.75, 3.05) is 13.2 Å². The van der Waals surface area contributed by atoms with Gasteiger partial charge in [0.2, 0.25) is 0 Å². The molecule has 3 rings (SSSR count). The molecule has 0 amide bonds. The summed E-state index contributed by atoms with van der Waals surface area (Å²) >= 11 is 0. The lowest BCUT2D eigenvalue weighted by Gasteiger charge is -2.14. The average Bonchev–Trinajstić information content (AvgIpc) is 2.75. The number of benzene rings is 3. The van der Waals surface area contributed by atoms with Gasteiger partial charge in [-0.3, -0.25) is 0 Å². The van der Waals surface area contributed by atoms with E-state index in [1.165, 1.54) is 0 Å². The summed E-state index contributed by atoms with van der Waals surface area (Å²) in [5.41, 5.74) is 3.98. The molecule has 1 unspecified atom stereocenters. The van der Waals surface area contributed by atoms with Crippen LogP contribution in [0.4, 0.5) is 0 Å². The molecule has 3 aromatic carbocycles. The molecule has 0 radical (unpaired) electrons. The molecule has 0 bridgehead atoms. The van der Waals surface area contributed by atoms with Crippen molar-refractivity contribution in [3.05, 3.63) is 108 Å². The summed E-state index contributed by atoms with van der Waals surface area (Å²) in [5, 5.41) is 10.5. The molecule has 144 valence electrons. The Morgan fingerprint density at radius 1 is 0.821 bits per heavy atom. The average molecular weight is 374 g/mol. The molecule has 0 spiro atoms. The molecule has 28 heavy (non-hydrogen) atoms. The van der Waals surface area contributed by atoms with Gasteiger partial charge in [0.05, 0.1) is 19.3 Å². The maximum Gasteiger partial charge on any atom is 0.119 e. The van der Waals surface area contributed by atoms with E-state index in [1.54, 1.807) is 0 Å². The van der Waals surface area contributed by atoms with E-state index in [0.717, 1.165) is 28.0 Å². The molecular weight excluding hydrogens is 348 g/mol. The monoisotopic (exact) mass is 374 g/mol. The van der Waals surface area contributed by atoms with Crippen LogP contribution in [-0.4, -0.2) is 18.3 Å². The van der Waals surface area contributed by atoms with Crippen LogP contribution in [0.3, 0.4) is 0 Å². The number of aliphatic hydroxyl groups excluding tert-OH is 1. The lowest BCUT2D eigenvalue weighted by Crippen LogP contribution is -2.07. The summed E-state index contributed by atoms with van der Waals surface area (Å²) in [6.07, 6.45) is -0.0895. The van der Waals surface area contributed by atoms with Gasteiger partial charge in [0, 0.05) is 6.42 Å². The van der Waals surface area contributed by atoms with Gasteiger partial charge in [0.25, 0.3) is 0 Å². The van der Waals surface area contributed by atoms with Crippen molar-refractivity contribution >= 4 is 5.57 Å². The quantitative estimate of drug-likeness (QED) is 0.482. The molecule has 0 fully saturated rings. The molecule has 0 aliphatic carbocycles. The Balaban J connectivity index is 1.41. The van der Waals surface area contributed by atoms with E-state index in [1.807, 2.05) is 84.9 Å². The molecule has 0 saturated heterocycles. The first kappa shape index (κ1) is 19.9. The van der Waals surface area contributed by atoms with Crippen molar-refractivity contribution < 1.29 is 14.6 Å². The largest absolute Gasteiger partial charge is 0.491 e. The zero-order valence-corrected chi connectivity index (χ0v) is 16.0. The zero-order valence-electron chi connectivity index (χ0n) is 16.0. The molecule has 0 aromatic heterocycles. The van der Waals surface area contributed by atoms with Crippen LogP contribution in [0, 0.1) is 0 Å². The van der Waals surface area contributed by atoms with E-state index in [4.69, 9.17) is 9.47 Å². The minimum atomic E-state index is -0.587. The van der Waals surface area contributed by atoms with Crippen LogP contribution in [0.25, 0.3) is 5.57 Å². The molecule has 3 heteroatoms. The van der Waals surface area contributed by atoms with Crippen molar-refractivity contribution in [2.24, 2.45) is 0 Å². The number of hydrogen-bond donors (Lipinski definition) is 1. The number of hydrogen-bond acceptors (Lipinski definition) is 3. The molecular formula is C25H26O3. The topological polar surface area (TPSA) is 38.7 Å². The van der Waals surface area contributed by atoms with Crippen LogP contribution in [-0.2, 0) is 11.3 Å². The highest BCUT2D eigenvalue weighted by atomic mass is 16.5. The predicted octanol–water partition coefficient (Wildman–Crippen LogP) is 5.42. The second-order valence-corrected chi connectivity index (χ2v) is 6.65. The lowest BCUT2D eigenvalue weighted by molar-refractivity contribution is 0.0889. The summed E-state index contributed by atoms with van der Waals surface area (Å²) in [6.45, 7) is 5.68. The van der Waals surface area contributed by atoms with Crippen molar-refractivity contribution in [1.29, 1.82) is 0 Å². The third-order valence-corrected chi connectivity index (χ3v) is 4.49. The predicted molar refractivity (Wildman–Crippen MR) is 113 cm³/mol. The van der Waals surface area contributed by atoms with Crippen molar-refractivity contribution in [3.8, 4) is 5.75 Å². The molecule has 0 aliphatic rings. The fourth-order valence-electron chi connectivity index (χ4n) is 2.91. The Bertz CT molecular complexity index is 842. The van der Waals surface area contributed by atoms with E-state index < -0.39 is 6.10 Å². The van der Waals surface area contributed by atoms with E-state index >= 15 is 0 Å². The van der Waals surface area contributed by atoms with Crippen molar-refractivity contribution in [3.63, 3.8) is 0 Å². The van der Waals surface area contributed by atoms with Gasteiger partial charge < -0.3 is 14.6 Å². The standard InChI is InChI=1S/C25H26O3/c1-20(22-10-6-3-7-11-22)18-25(26)23-12-14-24(15-13-23)28-17-16-27-19-21-8-4-2-5-9-21/h2-15,25-26H,1,16-19H2. The summed E-state index contributed by atoms with van der Waals surface area (Å²) in [4.78, 5) is 0. The summed E-state index contributed by atoms with van der Waals surface area (Å²) in [6, 6.07) is 27.5. The summed E-state index contributed by atoms with van der Waals surface area (Å²) in [7, 11) is 0. The van der Waals surface area contributed by atoms with Crippen molar-refractivity contribution in [2.45, 2.75) is 19.1 Å². The number of ether oxygens (including phenoxy) is 2. The number of aliphatic hydroxyl groups is 1. The highest BCUT2D eigenvalue weighted by molar-refractivity contribution is 5.63. The fraction of sp³-hybridized carbons (Fsp3) is 0.200. The normalized spacial score (nSPS) is 11.8. The maximum atomic E-state index is 10.5. The molecule has 3 aromatic rings. The van der Waals surface area contributed by atoms with Gasteiger partial charge in [-0.25, -0.2) is 0 Å². The minimum absolute atomic E-state index is 0.486. The smallest absolute Gasteiger partial charge is 0.119 e. The van der Waals surface area contributed by atoms with E-state index in [-0.39, 0.29) is 0 Å². The van der Waals surface area contributed by atoms with Crippen LogP contribution in [0.5, 0.6) is 5.75 Å². The van der Waals surface area contributed by atoms with Gasteiger partial charge in [-0.05, 0) is 34.4 Å². The second kappa shape index (κ2) is 10.5. The lowest BCUT2D eigenvalue weighted by atomic mass is 9.97. The van der Waals surface area contributed by atoms with Gasteiger partial charge in [-0.2, -0.15) is 0 Å². The highest BCUT2D eigenvalue weighted by Crippen LogP contribution is 2.27. The van der Waals surface area contributed by atoms with Gasteiger partial charge in [0.1, 0.15) is 12.4 Å². The summed E-state index contributed by atoms with van der Waals surface area (Å²) in [5.74, 6) is 0.765. The van der Waals surface area contributed by atoms with Crippen LogP contribution in [0.15, 0.2) is 91.5 Å². The molecule has 1 N–H and O–H groups in total. The van der Waals surface area contributed by atoms with Crippen LogP contribution < -0.4 is 4.74 Å². The van der Waals surface area contributed by atoms with E-state index in [9.17, 15) is 5.11 Å². The van der Waals surface area contributed by atoms with Crippen molar-refractivity contribution in [1.82, 2.24) is 0 Å². The van der Waals surface area contributed by atoms with E-state index in [0.29, 0.717) is 26.2 Å². The Morgan fingerprint density at radius 2 is 1.46 bits per heavy atom. The first-order valence-electron chi connectivity index (χ1n) is 9.48. The van der Waals surface area contributed by atoms with Gasteiger partial charge >= 0.3 is 0 Å². The first-order valence-corrected chi connectivity index (χ1v) is 9.48. The Kier molecular flexibility index (Phi) is 7.42. The third kappa shape index (κ3) is 6.08. The van der Waals surface area contributed by atoms with Gasteiger partial charge in [-0.15, -0.1) is 0 Å². The van der Waals surface area contributed by atoms with E-state index in [2.05, 4.69) is 6.58 Å².